The summed E-state index contributed by atoms with van der Waals surface area (Å²) in [5.74, 6) is 0.0505. The quantitative estimate of drug-likeness (QED) is 0.344. The molecule has 1 aromatic heterocycles. The highest BCUT2D eigenvalue weighted by Crippen LogP contribution is 2.17. The Labute approximate surface area is 169 Å². The van der Waals surface area contributed by atoms with Crippen LogP contribution in [0.4, 0.5) is 0 Å². The third-order valence-electron chi connectivity index (χ3n) is 3.64. The summed E-state index contributed by atoms with van der Waals surface area (Å²) in [6, 6.07) is 16.5. The summed E-state index contributed by atoms with van der Waals surface area (Å²) in [7, 11) is 0.130. The van der Waals surface area contributed by atoms with Crippen molar-refractivity contribution in [3.63, 3.8) is 0 Å². The summed E-state index contributed by atoms with van der Waals surface area (Å²) < 4.78 is 17.5. The van der Waals surface area contributed by atoms with Crippen molar-refractivity contribution in [1.82, 2.24) is 4.98 Å². The molecule has 0 bridgehead atoms. The van der Waals surface area contributed by atoms with Crippen molar-refractivity contribution in [3.05, 3.63) is 83.0 Å². The third-order valence-corrected chi connectivity index (χ3v) is 5.21. The van der Waals surface area contributed by atoms with Gasteiger partial charge in [-0.25, -0.2) is 14.0 Å². The smallest absolute Gasteiger partial charge is 0.365 e. The molecule has 28 heavy (non-hydrogen) atoms. The number of nitrogens with zero attached hydrogens (tertiary/aromatic N) is 2. The minimum atomic E-state index is -1.41. The van der Waals surface area contributed by atoms with E-state index < -0.39 is 16.8 Å². The first-order valence-corrected chi connectivity index (χ1v) is 9.62. The number of carbonyl (C=O) groups excluding carboxylic acids is 1. The van der Waals surface area contributed by atoms with E-state index in [0.717, 1.165) is 0 Å². The average Bonchev–Trinajstić information content (AvgIpc) is 2.74. The summed E-state index contributed by atoms with van der Waals surface area (Å²) in [4.78, 5) is 21.5. The molecule has 0 spiro atoms. The van der Waals surface area contributed by atoms with Crippen molar-refractivity contribution in [1.29, 1.82) is 0 Å². The van der Waals surface area contributed by atoms with E-state index in [1.165, 1.54) is 12.4 Å². The summed E-state index contributed by atoms with van der Waals surface area (Å²) in [5, 5.41) is 4.64. The monoisotopic (exact) mass is 414 g/mol. The number of aromatic nitrogens is 1. The average molecular weight is 415 g/mol. The summed E-state index contributed by atoms with van der Waals surface area (Å²) in [6.07, 6.45) is 2.84. The number of methoxy groups -OCH3 is 1. The number of carbonyl (C=O) groups is 1. The van der Waals surface area contributed by atoms with Gasteiger partial charge in [0.1, 0.15) is 21.6 Å². The molecule has 0 N–H and O–H groups in total. The second-order valence-corrected chi connectivity index (χ2v) is 7.36. The molecule has 1 atom stereocenters. The van der Waals surface area contributed by atoms with Crippen LogP contribution in [0.15, 0.2) is 81.9 Å². The molecule has 142 valence electrons. The molecule has 0 fully saturated rings. The van der Waals surface area contributed by atoms with Crippen molar-refractivity contribution in [2.75, 3.05) is 7.11 Å². The van der Waals surface area contributed by atoms with Gasteiger partial charge in [-0.05, 0) is 60.7 Å². The fourth-order valence-corrected chi connectivity index (χ4v) is 3.26. The lowest BCUT2D eigenvalue weighted by Gasteiger charge is -2.02. The first-order chi connectivity index (χ1) is 13.6. The molecule has 0 saturated carbocycles. The molecule has 1 unspecified atom stereocenters. The Hall–Kier alpha value is -3.03. The minimum Gasteiger partial charge on any atom is -0.497 e. The predicted octanol–water partition coefficient (Wildman–Crippen LogP) is 4.10. The van der Waals surface area contributed by atoms with E-state index in [-0.39, 0.29) is 0 Å². The molecular weight excluding hydrogens is 400 g/mol. The van der Waals surface area contributed by atoms with Gasteiger partial charge in [0.05, 0.1) is 18.9 Å². The number of oxime groups is 1. The fraction of sp³-hybridized carbons (Fsp3) is 0.0500. The summed E-state index contributed by atoms with van der Waals surface area (Å²) >= 11 is 5.84. The molecule has 0 radical (unpaired) electrons. The van der Waals surface area contributed by atoms with E-state index in [9.17, 15) is 9.00 Å². The van der Waals surface area contributed by atoms with Crippen molar-refractivity contribution in [2.45, 2.75) is 9.92 Å². The summed E-state index contributed by atoms with van der Waals surface area (Å²) in [6.45, 7) is 0. The number of pyridine rings is 1. The maximum absolute atomic E-state index is 12.5. The molecule has 3 rings (SSSR count). The minimum absolute atomic E-state index is 0.352. The maximum Gasteiger partial charge on any atom is 0.365 e. The van der Waals surface area contributed by atoms with Crippen LogP contribution in [0, 0.1) is 0 Å². The van der Waals surface area contributed by atoms with Gasteiger partial charge in [0.2, 0.25) is 0 Å². The third kappa shape index (κ3) is 5.03. The van der Waals surface area contributed by atoms with E-state index in [1.54, 1.807) is 67.8 Å². The Morgan fingerprint density at radius 1 is 1.07 bits per heavy atom. The van der Waals surface area contributed by atoms with Crippen molar-refractivity contribution >= 4 is 34.6 Å². The van der Waals surface area contributed by atoms with Crippen molar-refractivity contribution in [2.24, 2.45) is 5.16 Å². The largest absolute Gasteiger partial charge is 0.497 e. The van der Waals surface area contributed by atoms with Crippen LogP contribution < -0.4 is 4.74 Å². The van der Waals surface area contributed by atoms with Gasteiger partial charge in [0.15, 0.2) is 0 Å². The number of halogens is 1. The van der Waals surface area contributed by atoms with Gasteiger partial charge in [-0.2, -0.15) is 0 Å². The van der Waals surface area contributed by atoms with Crippen LogP contribution >= 0.6 is 11.6 Å². The lowest BCUT2D eigenvalue weighted by molar-refractivity contribution is 0.0519. The van der Waals surface area contributed by atoms with Crippen LogP contribution in [0.25, 0.3) is 0 Å². The molecule has 0 aliphatic carbocycles. The van der Waals surface area contributed by atoms with Gasteiger partial charge >= 0.3 is 5.97 Å². The van der Waals surface area contributed by atoms with Gasteiger partial charge in [-0.1, -0.05) is 16.8 Å². The number of hydrogen-bond donors (Lipinski definition) is 0. The topological polar surface area (TPSA) is 77.9 Å². The fourth-order valence-electron chi connectivity index (χ4n) is 2.17. The van der Waals surface area contributed by atoms with E-state index in [0.29, 0.717) is 31.8 Å². The molecule has 1 heterocycles. The molecule has 0 amide bonds. The first-order valence-electron chi connectivity index (χ1n) is 8.09. The highest BCUT2D eigenvalue weighted by atomic mass is 35.5. The van der Waals surface area contributed by atoms with Gasteiger partial charge in [-0.15, -0.1) is 0 Å². The summed E-state index contributed by atoms with van der Waals surface area (Å²) in [5.41, 5.74) is 0.948. The normalized spacial score (nSPS) is 11.9. The molecule has 0 saturated heterocycles. The van der Waals surface area contributed by atoms with Crippen LogP contribution in [0.5, 0.6) is 5.75 Å². The molecule has 8 heteroatoms. The zero-order valence-electron chi connectivity index (χ0n) is 14.7. The zero-order chi connectivity index (χ0) is 19.9. The Kier molecular flexibility index (Phi) is 6.52. The van der Waals surface area contributed by atoms with Crippen molar-refractivity contribution in [3.8, 4) is 5.75 Å². The number of benzene rings is 2. The highest BCUT2D eigenvalue weighted by Gasteiger charge is 2.09. The molecule has 2 aromatic carbocycles. The maximum atomic E-state index is 12.5. The Morgan fingerprint density at radius 3 is 2.39 bits per heavy atom. The standard InChI is InChI=1S/C20H15ClN2O4S/c1-26-17-7-3-15(4-8-17)20(24)27-23-13-14-2-11-19(22-12-14)28(25)18-9-5-16(21)6-10-18/h2-13H,1H3. The second-order valence-electron chi connectivity index (χ2n) is 5.49. The predicted molar refractivity (Wildman–Crippen MR) is 106 cm³/mol. The molecular formula is C20H15ClN2O4S. The Bertz CT molecular complexity index is 1000. The SMILES string of the molecule is COc1ccc(C(=O)ON=Cc2ccc(S(=O)c3ccc(Cl)cc3)nc2)cc1. The van der Waals surface area contributed by atoms with E-state index in [2.05, 4.69) is 10.1 Å². The van der Waals surface area contributed by atoms with E-state index in [1.807, 2.05) is 0 Å². The molecule has 0 aliphatic heterocycles. The molecule has 0 aliphatic rings. The van der Waals surface area contributed by atoms with Crippen molar-refractivity contribution < 1.29 is 18.6 Å². The first kappa shape index (κ1) is 19.7. The Balaban J connectivity index is 1.61. The van der Waals surface area contributed by atoms with Crippen LogP contribution in [-0.2, 0) is 15.6 Å². The zero-order valence-corrected chi connectivity index (χ0v) is 16.3. The van der Waals surface area contributed by atoms with Gasteiger partial charge in [0, 0.05) is 21.7 Å². The molecule has 6 nitrogen and oxygen atoms in total. The van der Waals surface area contributed by atoms with Gasteiger partial charge in [-0.3, -0.25) is 0 Å². The van der Waals surface area contributed by atoms with Crippen LogP contribution in [0.3, 0.4) is 0 Å². The Morgan fingerprint density at radius 2 is 1.79 bits per heavy atom. The molecule has 3 aromatic rings. The van der Waals surface area contributed by atoms with E-state index >= 15 is 0 Å². The van der Waals surface area contributed by atoms with Gasteiger partial charge in [0.25, 0.3) is 0 Å². The number of hydrogen-bond acceptors (Lipinski definition) is 6. The van der Waals surface area contributed by atoms with Gasteiger partial charge < -0.3 is 9.57 Å². The number of ether oxygens (including phenoxy) is 1. The second kappa shape index (κ2) is 9.25. The lowest BCUT2D eigenvalue weighted by atomic mass is 10.2. The van der Waals surface area contributed by atoms with Crippen LogP contribution in [0.1, 0.15) is 15.9 Å². The number of rotatable bonds is 6. The lowest BCUT2D eigenvalue weighted by Crippen LogP contribution is -2.01. The van der Waals surface area contributed by atoms with Crippen LogP contribution in [0.2, 0.25) is 5.02 Å². The van der Waals surface area contributed by atoms with E-state index in [4.69, 9.17) is 21.2 Å². The van der Waals surface area contributed by atoms with Crippen LogP contribution in [-0.4, -0.2) is 28.5 Å². The highest BCUT2D eigenvalue weighted by molar-refractivity contribution is 7.85.